The van der Waals surface area contributed by atoms with Crippen LogP contribution in [0.2, 0.25) is 0 Å². The average molecular weight is 327 g/mol. The van der Waals surface area contributed by atoms with Crippen LogP contribution in [-0.2, 0) is 10.5 Å². The van der Waals surface area contributed by atoms with Crippen LogP contribution in [0.4, 0.5) is 5.69 Å². The van der Waals surface area contributed by atoms with Gasteiger partial charge in [0.15, 0.2) is 5.78 Å². The first-order valence-corrected chi connectivity index (χ1v) is 8.65. The first-order chi connectivity index (χ1) is 10.9. The number of Topliss-reactive ketones (excluding diaryl/α,β-unsaturated/α-hetero) is 1. The molecular weight excluding hydrogens is 306 g/mol. The number of hydrogen-bond donors (Lipinski definition) is 1. The van der Waals surface area contributed by atoms with Gasteiger partial charge >= 0.3 is 0 Å². The van der Waals surface area contributed by atoms with Gasteiger partial charge in [-0.3, -0.25) is 9.59 Å². The molecule has 2 rings (SSSR count). The molecule has 0 aromatic heterocycles. The Balaban J connectivity index is 1.81. The second-order valence-corrected chi connectivity index (χ2v) is 6.66. The monoisotopic (exact) mass is 327 g/mol. The zero-order valence-electron chi connectivity index (χ0n) is 13.7. The molecule has 0 atom stereocenters. The van der Waals surface area contributed by atoms with Gasteiger partial charge < -0.3 is 5.32 Å². The van der Waals surface area contributed by atoms with Crippen LogP contribution in [0.5, 0.6) is 0 Å². The highest BCUT2D eigenvalue weighted by molar-refractivity contribution is 7.99. The molecule has 2 aromatic rings. The normalized spacial score (nSPS) is 10.4. The molecular formula is C19H21NO2S. The third kappa shape index (κ3) is 5.57. The van der Waals surface area contributed by atoms with Crippen molar-refractivity contribution in [3.63, 3.8) is 0 Å². The average Bonchev–Trinajstić information content (AvgIpc) is 2.46. The zero-order valence-corrected chi connectivity index (χ0v) is 14.5. The van der Waals surface area contributed by atoms with Crippen LogP contribution in [0.25, 0.3) is 0 Å². The van der Waals surface area contributed by atoms with Gasteiger partial charge in [-0.05, 0) is 50.6 Å². The standard InChI is InChI=1S/C19H21NO2S/c1-13-8-14(2)10-16(9-13)11-23-12-19(22)20-18-6-4-17(5-7-18)15(3)21/h4-10H,11-12H2,1-3H3,(H,20,22). The van der Waals surface area contributed by atoms with Crippen molar-refractivity contribution in [1.29, 1.82) is 0 Å². The number of anilines is 1. The van der Waals surface area contributed by atoms with Gasteiger partial charge in [-0.1, -0.05) is 29.3 Å². The molecule has 0 unspecified atom stereocenters. The first kappa shape index (κ1) is 17.3. The Hall–Kier alpha value is -2.07. The fourth-order valence-electron chi connectivity index (χ4n) is 2.40. The maximum atomic E-state index is 12.0. The molecule has 23 heavy (non-hydrogen) atoms. The van der Waals surface area contributed by atoms with E-state index < -0.39 is 0 Å². The van der Waals surface area contributed by atoms with Gasteiger partial charge in [0.1, 0.15) is 0 Å². The van der Waals surface area contributed by atoms with E-state index in [-0.39, 0.29) is 11.7 Å². The highest BCUT2D eigenvalue weighted by atomic mass is 32.2. The molecule has 0 aliphatic carbocycles. The van der Waals surface area contributed by atoms with E-state index in [2.05, 4.69) is 37.4 Å². The molecule has 0 aliphatic heterocycles. The van der Waals surface area contributed by atoms with Crippen molar-refractivity contribution in [2.24, 2.45) is 0 Å². The first-order valence-electron chi connectivity index (χ1n) is 7.50. The molecule has 1 N–H and O–H groups in total. The Morgan fingerprint density at radius 3 is 2.17 bits per heavy atom. The molecule has 3 nitrogen and oxygen atoms in total. The smallest absolute Gasteiger partial charge is 0.234 e. The minimum Gasteiger partial charge on any atom is -0.325 e. The highest BCUT2D eigenvalue weighted by Gasteiger charge is 2.05. The fourth-order valence-corrected chi connectivity index (χ4v) is 3.16. The lowest BCUT2D eigenvalue weighted by atomic mass is 10.1. The summed E-state index contributed by atoms with van der Waals surface area (Å²) in [6.45, 7) is 5.69. The molecule has 0 heterocycles. The van der Waals surface area contributed by atoms with Gasteiger partial charge in [-0.2, -0.15) is 0 Å². The number of amides is 1. The predicted octanol–water partition coefficient (Wildman–Crippen LogP) is 4.38. The number of benzene rings is 2. The van der Waals surface area contributed by atoms with Crippen LogP contribution in [0, 0.1) is 13.8 Å². The zero-order chi connectivity index (χ0) is 16.8. The number of ketones is 1. The quantitative estimate of drug-likeness (QED) is 0.801. The molecule has 4 heteroatoms. The maximum absolute atomic E-state index is 12.0. The molecule has 0 saturated carbocycles. The number of nitrogens with one attached hydrogen (secondary N) is 1. The van der Waals surface area contributed by atoms with Crippen molar-refractivity contribution in [3.8, 4) is 0 Å². The van der Waals surface area contributed by atoms with Crippen molar-refractivity contribution in [2.45, 2.75) is 26.5 Å². The summed E-state index contributed by atoms with van der Waals surface area (Å²) in [6, 6.07) is 13.4. The van der Waals surface area contributed by atoms with Gasteiger partial charge in [0.25, 0.3) is 0 Å². The fraction of sp³-hybridized carbons (Fsp3) is 0.263. The minimum atomic E-state index is -0.0325. The SMILES string of the molecule is CC(=O)c1ccc(NC(=O)CSCc2cc(C)cc(C)c2)cc1. The van der Waals surface area contributed by atoms with E-state index >= 15 is 0 Å². The third-order valence-corrected chi connectivity index (χ3v) is 4.36. The topological polar surface area (TPSA) is 46.2 Å². The number of thioether (sulfide) groups is 1. The Labute approximate surface area is 141 Å². The maximum Gasteiger partial charge on any atom is 0.234 e. The van der Waals surface area contributed by atoms with E-state index in [1.54, 1.807) is 36.0 Å². The summed E-state index contributed by atoms with van der Waals surface area (Å²) in [5, 5.41) is 2.85. The lowest BCUT2D eigenvalue weighted by Crippen LogP contribution is -2.14. The number of carbonyl (C=O) groups excluding carboxylic acids is 2. The molecule has 0 radical (unpaired) electrons. The van der Waals surface area contributed by atoms with Crippen molar-refractivity contribution in [2.75, 3.05) is 11.1 Å². The summed E-state index contributed by atoms with van der Waals surface area (Å²) in [5.74, 6) is 1.21. The van der Waals surface area contributed by atoms with E-state index in [9.17, 15) is 9.59 Å². The van der Waals surface area contributed by atoms with Crippen LogP contribution in [0.3, 0.4) is 0 Å². The number of rotatable bonds is 6. The second-order valence-electron chi connectivity index (χ2n) is 5.67. The Morgan fingerprint density at radius 1 is 1.00 bits per heavy atom. The molecule has 0 fully saturated rings. The van der Waals surface area contributed by atoms with E-state index in [4.69, 9.17) is 0 Å². The summed E-state index contributed by atoms with van der Waals surface area (Å²) in [6.07, 6.45) is 0. The molecule has 0 saturated heterocycles. The number of carbonyl (C=O) groups is 2. The lowest BCUT2D eigenvalue weighted by Gasteiger charge is -2.07. The summed E-state index contributed by atoms with van der Waals surface area (Å²) >= 11 is 1.59. The van der Waals surface area contributed by atoms with Crippen LogP contribution >= 0.6 is 11.8 Å². The van der Waals surface area contributed by atoms with Gasteiger partial charge in [-0.15, -0.1) is 11.8 Å². The van der Waals surface area contributed by atoms with Crippen LogP contribution < -0.4 is 5.32 Å². The molecule has 0 aliphatic rings. The van der Waals surface area contributed by atoms with Crippen molar-refractivity contribution in [1.82, 2.24) is 0 Å². The number of hydrogen-bond acceptors (Lipinski definition) is 3. The lowest BCUT2D eigenvalue weighted by molar-refractivity contribution is -0.113. The van der Waals surface area contributed by atoms with Gasteiger partial charge in [0.05, 0.1) is 5.75 Å². The van der Waals surface area contributed by atoms with Gasteiger partial charge in [0, 0.05) is 17.0 Å². The van der Waals surface area contributed by atoms with Crippen molar-refractivity contribution >= 4 is 29.1 Å². The van der Waals surface area contributed by atoms with E-state index in [1.165, 1.54) is 23.6 Å². The van der Waals surface area contributed by atoms with Crippen LogP contribution in [-0.4, -0.2) is 17.4 Å². The van der Waals surface area contributed by atoms with E-state index in [0.717, 1.165) is 5.75 Å². The Kier molecular flexibility index (Phi) is 5.99. The summed E-state index contributed by atoms with van der Waals surface area (Å²) in [4.78, 5) is 23.2. The Bertz CT molecular complexity index is 688. The third-order valence-electron chi connectivity index (χ3n) is 3.36. The molecule has 1 amide bonds. The minimum absolute atomic E-state index is 0.0203. The van der Waals surface area contributed by atoms with Gasteiger partial charge in [0.2, 0.25) is 5.91 Å². The van der Waals surface area contributed by atoms with Gasteiger partial charge in [-0.25, -0.2) is 0 Å². The highest BCUT2D eigenvalue weighted by Crippen LogP contribution is 2.16. The van der Waals surface area contributed by atoms with Crippen molar-refractivity contribution in [3.05, 3.63) is 64.7 Å². The molecule has 120 valence electrons. The molecule has 0 spiro atoms. The van der Waals surface area contributed by atoms with Crippen LogP contribution in [0.15, 0.2) is 42.5 Å². The van der Waals surface area contributed by atoms with E-state index in [1.807, 2.05) is 0 Å². The second kappa shape index (κ2) is 7.97. The summed E-state index contributed by atoms with van der Waals surface area (Å²) < 4.78 is 0. The Morgan fingerprint density at radius 2 is 1.61 bits per heavy atom. The predicted molar refractivity (Wildman–Crippen MR) is 97.2 cm³/mol. The van der Waals surface area contributed by atoms with Crippen molar-refractivity contribution < 1.29 is 9.59 Å². The largest absolute Gasteiger partial charge is 0.325 e. The summed E-state index contributed by atoms with van der Waals surface area (Å²) in [5.41, 5.74) is 5.09. The number of aryl methyl sites for hydroxylation is 2. The van der Waals surface area contributed by atoms with Crippen LogP contribution in [0.1, 0.15) is 34.0 Å². The molecule has 2 aromatic carbocycles. The van der Waals surface area contributed by atoms with E-state index in [0.29, 0.717) is 17.0 Å². The summed E-state index contributed by atoms with van der Waals surface area (Å²) in [7, 11) is 0. The molecule has 0 bridgehead atoms.